The molecule has 0 fully saturated rings. The molecule has 0 aliphatic carbocycles. The van der Waals surface area contributed by atoms with E-state index in [2.05, 4.69) is 25.3 Å². The number of thiazole rings is 2. The van der Waals surface area contributed by atoms with E-state index in [1.807, 2.05) is 19.4 Å². The molecule has 0 bridgehead atoms. The third-order valence-electron chi connectivity index (χ3n) is 2.53. The number of hydrogen-bond donors (Lipinski definition) is 1. The van der Waals surface area contributed by atoms with E-state index in [1.54, 1.807) is 41.3 Å². The van der Waals surface area contributed by atoms with Crippen LogP contribution in [-0.2, 0) is 0 Å². The first-order valence-corrected chi connectivity index (χ1v) is 7.35. The first-order valence-electron chi connectivity index (χ1n) is 5.65. The first-order chi connectivity index (χ1) is 9.28. The van der Waals surface area contributed by atoms with Crippen molar-refractivity contribution in [3.8, 4) is 21.3 Å². The van der Waals surface area contributed by atoms with E-state index in [1.165, 1.54) is 0 Å². The summed E-state index contributed by atoms with van der Waals surface area (Å²) < 4.78 is 0. The van der Waals surface area contributed by atoms with Crippen molar-refractivity contribution in [2.45, 2.75) is 6.92 Å². The van der Waals surface area contributed by atoms with Crippen LogP contribution in [0.25, 0.3) is 21.3 Å². The van der Waals surface area contributed by atoms with Gasteiger partial charge in [-0.15, -0.1) is 22.7 Å². The molecular formula is C12H11N5S2. The molecule has 0 aromatic carbocycles. The molecule has 0 amide bonds. The van der Waals surface area contributed by atoms with Crippen molar-refractivity contribution in [3.63, 3.8) is 0 Å². The van der Waals surface area contributed by atoms with Gasteiger partial charge in [0.25, 0.3) is 0 Å². The van der Waals surface area contributed by atoms with E-state index in [-0.39, 0.29) is 0 Å². The van der Waals surface area contributed by atoms with Crippen molar-refractivity contribution in [1.82, 2.24) is 19.9 Å². The summed E-state index contributed by atoms with van der Waals surface area (Å²) in [5.41, 5.74) is 2.73. The summed E-state index contributed by atoms with van der Waals surface area (Å²) in [4.78, 5) is 18.5. The van der Waals surface area contributed by atoms with Gasteiger partial charge in [0.05, 0.1) is 22.5 Å². The van der Waals surface area contributed by atoms with E-state index >= 15 is 0 Å². The molecule has 0 saturated carbocycles. The van der Waals surface area contributed by atoms with Crippen molar-refractivity contribution in [3.05, 3.63) is 29.7 Å². The maximum absolute atomic E-state index is 4.55. The molecule has 0 spiro atoms. The quantitative estimate of drug-likeness (QED) is 0.802. The minimum absolute atomic E-state index is 0.797. The predicted octanol–water partition coefficient (Wildman–Crippen LogP) is 3.07. The summed E-state index contributed by atoms with van der Waals surface area (Å²) in [5.74, 6) is 0. The largest absolute Gasteiger partial charge is 0.365 e. The van der Waals surface area contributed by atoms with Crippen LogP contribution in [0, 0.1) is 6.92 Å². The highest BCUT2D eigenvalue weighted by Gasteiger charge is 2.14. The van der Waals surface area contributed by atoms with Gasteiger partial charge >= 0.3 is 0 Å². The molecule has 3 aromatic heterocycles. The standard InChI is InChI=1S/C12H11N5S2/c1-7-10(9-6-18-12(13-2)17-9)19-11(16-7)8-5-14-3-4-15-8/h3-6H,1-2H3,(H,13,17). The van der Waals surface area contributed by atoms with Gasteiger partial charge in [0.2, 0.25) is 0 Å². The smallest absolute Gasteiger partial charge is 0.182 e. The average Bonchev–Trinajstić information content (AvgIpc) is 3.06. The third-order valence-corrected chi connectivity index (χ3v) is 4.59. The molecule has 96 valence electrons. The zero-order valence-electron chi connectivity index (χ0n) is 10.4. The summed E-state index contributed by atoms with van der Waals surface area (Å²) in [5, 5.41) is 6.86. The van der Waals surface area contributed by atoms with E-state index in [9.17, 15) is 0 Å². The van der Waals surface area contributed by atoms with Gasteiger partial charge in [0.1, 0.15) is 10.7 Å². The maximum atomic E-state index is 4.55. The fourth-order valence-electron chi connectivity index (χ4n) is 1.65. The zero-order chi connectivity index (χ0) is 13.2. The minimum atomic E-state index is 0.797. The summed E-state index contributed by atoms with van der Waals surface area (Å²) in [6, 6.07) is 0. The van der Waals surface area contributed by atoms with Crippen LogP contribution in [0.2, 0.25) is 0 Å². The molecule has 7 heteroatoms. The van der Waals surface area contributed by atoms with Crippen LogP contribution < -0.4 is 5.32 Å². The maximum Gasteiger partial charge on any atom is 0.182 e. The molecule has 3 rings (SSSR count). The number of anilines is 1. The van der Waals surface area contributed by atoms with Gasteiger partial charge in [-0.2, -0.15) is 0 Å². The monoisotopic (exact) mass is 289 g/mol. The number of nitrogens with zero attached hydrogens (tertiary/aromatic N) is 4. The number of aromatic nitrogens is 4. The molecule has 0 radical (unpaired) electrons. The Morgan fingerprint density at radius 2 is 2.05 bits per heavy atom. The topological polar surface area (TPSA) is 63.6 Å². The Morgan fingerprint density at radius 3 is 2.74 bits per heavy atom. The van der Waals surface area contributed by atoms with Crippen molar-refractivity contribution in [2.24, 2.45) is 0 Å². The highest BCUT2D eigenvalue weighted by molar-refractivity contribution is 7.19. The van der Waals surface area contributed by atoms with Crippen LogP contribution in [0.3, 0.4) is 0 Å². The molecule has 5 nitrogen and oxygen atoms in total. The van der Waals surface area contributed by atoms with Gasteiger partial charge in [-0.1, -0.05) is 0 Å². The van der Waals surface area contributed by atoms with Crippen LogP contribution in [-0.4, -0.2) is 27.0 Å². The third kappa shape index (κ3) is 2.34. The lowest BCUT2D eigenvalue weighted by molar-refractivity contribution is 1.18. The van der Waals surface area contributed by atoms with E-state index in [4.69, 9.17) is 0 Å². The summed E-state index contributed by atoms with van der Waals surface area (Å²) in [7, 11) is 1.87. The summed E-state index contributed by atoms with van der Waals surface area (Å²) in [6.07, 6.45) is 5.06. The fourth-order valence-corrected chi connectivity index (χ4v) is 3.37. The Hall–Kier alpha value is -1.86. The SMILES string of the molecule is CNc1nc(-c2sc(-c3cnccn3)nc2C)cs1. The molecule has 0 saturated heterocycles. The molecule has 1 N–H and O–H groups in total. The molecular weight excluding hydrogens is 278 g/mol. The molecule has 3 aromatic rings. The second kappa shape index (κ2) is 5.02. The summed E-state index contributed by atoms with van der Waals surface area (Å²) in [6.45, 7) is 1.99. The minimum Gasteiger partial charge on any atom is -0.365 e. The Bertz CT molecular complexity index is 689. The fraction of sp³-hybridized carbons (Fsp3) is 0.167. The van der Waals surface area contributed by atoms with E-state index in [0.717, 1.165) is 32.1 Å². The number of aryl methyl sites for hydroxylation is 1. The molecule has 0 atom stereocenters. The first kappa shape index (κ1) is 12.2. The molecule has 19 heavy (non-hydrogen) atoms. The van der Waals surface area contributed by atoms with Crippen molar-refractivity contribution >= 4 is 27.8 Å². The normalized spacial score (nSPS) is 10.6. The van der Waals surface area contributed by atoms with Crippen molar-refractivity contribution < 1.29 is 0 Å². The van der Waals surface area contributed by atoms with Gasteiger partial charge in [0.15, 0.2) is 5.13 Å². The number of hydrogen-bond acceptors (Lipinski definition) is 7. The molecule has 0 unspecified atom stereocenters. The van der Waals surface area contributed by atoms with Gasteiger partial charge < -0.3 is 5.32 Å². The second-order valence-electron chi connectivity index (χ2n) is 3.81. The van der Waals surface area contributed by atoms with Crippen molar-refractivity contribution in [2.75, 3.05) is 12.4 Å². The Kier molecular flexibility index (Phi) is 3.22. The predicted molar refractivity (Wildman–Crippen MR) is 78.5 cm³/mol. The lowest BCUT2D eigenvalue weighted by atomic mass is 10.3. The van der Waals surface area contributed by atoms with Gasteiger partial charge in [0, 0.05) is 24.8 Å². The van der Waals surface area contributed by atoms with Crippen molar-refractivity contribution in [1.29, 1.82) is 0 Å². The molecule has 0 aliphatic heterocycles. The Morgan fingerprint density at radius 1 is 1.16 bits per heavy atom. The van der Waals surface area contributed by atoms with Crippen LogP contribution in [0.5, 0.6) is 0 Å². The zero-order valence-corrected chi connectivity index (χ0v) is 12.0. The van der Waals surface area contributed by atoms with Crippen LogP contribution in [0.1, 0.15) is 5.69 Å². The van der Waals surface area contributed by atoms with Crippen LogP contribution >= 0.6 is 22.7 Å². The van der Waals surface area contributed by atoms with Gasteiger partial charge in [-0.3, -0.25) is 9.97 Å². The molecule has 0 aliphatic rings. The van der Waals surface area contributed by atoms with Crippen LogP contribution in [0.15, 0.2) is 24.0 Å². The van der Waals surface area contributed by atoms with Crippen LogP contribution in [0.4, 0.5) is 5.13 Å². The van der Waals surface area contributed by atoms with Gasteiger partial charge in [-0.05, 0) is 6.92 Å². The number of rotatable bonds is 3. The lowest BCUT2D eigenvalue weighted by Crippen LogP contribution is -1.85. The molecule has 3 heterocycles. The van der Waals surface area contributed by atoms with E-state index < -0.39 is 0 Å². The lowest BCUT2D eigenvalue weighted by Gasteiger charge is -1.92. The average molecular weight is 289 g/mol. The van der Waals surface area contributed by atoms with Gasteiger partial charge in [-0.25, -0.2) is 9.97 Å². The Labute approximate surface area is 118 Å². The highest BCUT2D eigenvalue weighted by Crippen LogP contribution is 2.35. The number of nitrogens with one attached hydrogen (secondary N) is 1. The summed E-state index contributed by atoms with van der Waals surface area (Å²) >= 11 is 3.18. The Balaban J connectivity index is 2.02. The highest BCUT2D eigenvalue weighted by atomic mass is 32.1. The van der Waals surface area contributed by atoms with E-state index in [0.29, 0.717) is 0 Å². The second-order valence-corrected chi connectivity index (χ2v) is 5.67.